The van der Waals surface area contributed by atoms with Crippen LogP contribution < -0.4 is 16.4 Å². The van der Waals surface area contributed by atoms with Crippen LogP contribution in [0.25, 0.3) is 5.69 Å². The van der Waals surface area contributed by atoms with Gasteiger partial charge in [0.25, 0.3) is 5.91 Å². The molecule has 2 aromatic carbocycles. The first-order valence-electron chi connectivity index (χ1n) is 12.7. The lowest BCUT2D eigenvalue weighted by atomic mass is 9.98. The summed E-state index contributed by atoms with van der Waals surface area (Å²) >= 11 is 6.02. The van der Waals surface area contributed by atoms with Gasteiger partial charge in [-0.3, -0.25) is 4.79 Å². The maximum atomic E-state index is 13.5. The van der Waals surface area contributed by atoms with Gasteiger partial charge < -0.3 is 16.4 Å². The Bertz CT molecular complexity index is 1390. The Morgan fingerprint density at radius 2 is 1.90 bits per heavy atom. The molecule has 1 saturated carbocycles. The minimum atomic E-state index is -4.72. The summed E-state index contributed by atoms with van der Waals surface area (Å²) in [7, 11) is 0. The molecule has 0 saturated heterocycles. The van der Waals surface area contributed by atoms with Crippen LogP contribution in [0.3, 0.4) is 0 Å². The van der Waals surface area contributed by atoms with Crippen molar-refractivity contribution in [2.75, 3.05) is 11.9 Å². The lowest BCUT2D eigenvalue weighted by Gasteiger charge is -2.21. The highest BCUT2D eigenvalue weighted by atomic mass is 35.5. The van der Waals surface area contributed by atoms with Crippen molar-refractivity contribution in [3.05, 3.63) is 99.9 Å². The Labute approximate surface area is 230 Å². The molecule has 4 rings (SSSR count). The molecule has 0 radical (unpaired) electrons. The molecule has 1 aliphatic carbocycles. The van der Waals surface area contributed by atoms with E-state index in [-0.39, 0.29) is 18.3 Å². The highest BCUT2D eigenvalue weighted by molar-refractivity contribution is 6.29. The number of nitrogens with two attached hydrogens (primary N) is 1. The molecule has 0 bridgehead atoms. The van der Waals surface area contributed by atoms with Crippen LogP contribution in [0.2, 0.25) is 0 Å². The summed E-state index contributed by atoms with van der Waals surface area (Å²) in [5.41, 5.74) is 7.68. The van der Waals surface area contributed by atoms with Crippen LogP contribution in [0, 0.1) is 5.92 Å². The lowest BCUT2D eigenvalue weighted by Crippen LogP contribution is -2.25. The van der Waals surface area contributed by atoms with Crippen LogP contribution in [0.4, 0.5) is 18.9 Å². The first-order valence-corrected chi connectivity index (χ1v) is 13.0. The SMILES string of the molecule is C/C(Cl)=C\C=C(/C)C(NCC1CC1)c1cccc(NC(=O)c2cc(C(F)(F)F)nn2-c2cccc(CN)c2)c1. The Morgan fingerprint density at radius 3 is 2.56 bits per heavy atom. The molecular formula is C29H31ClF3N5O. The van der Waals surface area contributed by atoms with E-state index in [4.69, 9.17) is 17.3 Å². The van der Waals surface area contributed by atoms with Crippen molar-refractivity contribution in [3.8, 4) is 5.69 Å². The minimum absolute atomic E-state index is 0.129. The lowest BCUT2D eigenvalue weighted by molar-refractivity contribution is -0.141. The summed E-state index contributed by atoms with van der Waals surface area (Å²) in [5.74, 6) is -0.0712. The molecule has 3 aromatic rings. The van der Waals surface area contributed by atoms with Crippen LogP contribution in [-0.2, 0) is 12.7 Å². The number of hydrogen-bond donors (Lipinski definition) is 3. The van der Waals surface area contributed by atoms with Crippen molar-refractivity contribution in [3.63, 3.8) is 0 Å². The fourth-order valence-electron chi connectivity index (χ4n) is 4.18. The van der Waals surface area contributed by atoms with Gasteiger partial charge in [-0.2, -0.15) is 18.3 Å². The van der Waals surface area contributed by atoms with Gasteiger partial charge in [0.1, 0.15) is 5.69 Å². The van der Waals surface area contributed by atoms with E-state index in [0.29, 0.717) is 27.9 Å². The molecule has 1 atom stereocenters. The van der Waals surface area contributed by atoms with E-state index in [9.17, 15) is 18.0 Å². The third-order valence-corrected chi connectivity index (χ3v) is 6.57. The summed E-state index contributed by atoms with van der Waals surface area (Å²) in [4.78, 5) is 13.3. The zero-order chi connectivity index (χ0) is 28.2. The number of carbonyl (C=O) groups excluding carboxylic acids is 1. The molecule has 1 aromatic heterocycles. The van der Waals surface area contributed by atoms with Gasteiger partial charge in [-0.05, 0) is 80.6 Å². The molecule has 6 nitrogen and oxygen atoms in total. The van der Waals surface area contributed by atoms with Gasteiger partial charge >= 0.3 is 6.18 Å². The van der Waals surface area contributed by atoms with Crippen molar-refractivity contribution in [2.45, 2.75) is 45.5 Å². The molecule has 1 fully saturated rings. The van der Waals surface area contributed by atoms with E-state index in [1.165, 1.54) is 12.8 Å². The second kappa shape index (κ2) is 12.2. The number of nitrogens with zero attached hydrogens (tertiary/aromatic N) is 2. The minimum Gasteiger partial charge on any atom is -0.326 e. The van der Waals surface area contributed by atoms with Gasteiger partial charge in [0.2, 0.25) is 0 Å². The van der Waals surface area contributed by atoms with Crippen molar-refractivity contribution in [1.29, 1.82) is 0 Å². The van der Waals surface area contributed by atoms with E-state index < -0.39 is 17.8 Å². The fourth-order valence-corrected chi connectivity index (χ4v) is 4.24. The van der Waals surface area contributed by atoms with Crippen LogP contribution in [-0.4, -0.2) is 22.2 Å². The van der Waals surface area contributed by atoms with E-state index >= 15 is 0 Å². The molecule has 206 valence electrons. The van der Waals surface area contributed by atoms with Crippen LogP contribution >= 0.6 is 11.6 Å². The Balaban J connectivity index is 1.64. The molecule has 10 heteroatoms. The third kappa shape index (κ3) is 7.59. The number of allylic oxidation sites excluding steroid dienone is 3. The Morgan fingerprint density at radius 1 is 1.15 bits per heavy atom. The standard InChI is InChI=1S/C29H31ClF3N5O/c1-18(9-10-19(2)30)27(35-17-20-11-12-20)22-6-4-7-23(14-22)36-28(39)25-15-26(29(31,32)33)37-38(25)24-8-3-5-21(13-24)16-34/h3-10,13-15,20,27,35H,11-12,16-17,34H2,1-2H3,(H,36,39)/b18-9+,19-10+. The van der Waals surface area contributed by atoms with E-state index in [1.54, 1.807) is 43.3 Å². The zero-order valence-corrected chi connectivity index (χ0v) is 22.5. The summed E-state index contributed by atoms with van der Waals surface area (Å²) in [6.45, 7) is 4.85. The normalized spacial score (nSPS) is 15.4. The molecule has 1 heterocycles. The number of nitrogens with one attached hydrogen (secondary N) is 2. The predicted molar refractivity (Wildman–Crippen MR) is 148 cm³/mol. The number of amides is 1. The van der Waals surface area contributed by atoms with Crippen molar-refractivity contribution >= 4 is 23.2 Å². The van der Waals surface area contributed by atoms with Crippen LogP contribution in [0.15, 0.2) is 77.4 Å². The van der Waals surface area contributed by atoms with E-state index in [0.717, 1.165) is 28.4 Å². The third-order valence-electron chi connectivity index (χ3n) is 6.44. The average Bonchev–Trinajstić information content (AvgIpc) is 3.61. The molecule has 0 spiro atoms. The number of halogens is 4. The molecule has 0 aliphatic heterocycles. The van der Waals surface area contributed by atoms with Gasteiger partial charge in [-0.1, -0.05) is 47.5 Å². The average molecular weight is 558 g/mol. The summed E-state index contributed by atoms with van der Waals surface area (Å²) in [6.07, 6.45) is 1.45. The molecule has 39 heavy (non-hydrogen) atoms. The Hall–Kier alpha value is -3.40. The van der Waals surface area contributed by atoms with Gasteiger partial charge in [-0.15, -0.1) is 0 Å². The maximum Gasteiger partial charge on any atom is 0.435 e. The molecule has 1 unspecified atom stereocenters. The van der Waals surface area contributed by atoms with Crippen molar-refractivity contribution in [2.24, 2.45) is 11.7 Å². The number of carbonyl (C=O) groups is 1. The molecule has 1 aliphatic rings. The van der Waals surface area contributed by atoms with Gasteiger partial charge in [0, 0.05) is 23.3 Å². The summed E-state index contributed by atoms with van der Waals surface area (Å²) in [6, 6.07) is 14.5. The quantitative estimate of drug-likeness (QED) is 0.241. The number of hydrogen-bond acceptors (Lipinski definition) is 4. The molecule has 4 N–H and O–H groups in total. The zero-order valence-electron chi connectivity index (χ0n) is 21.7. The topological polar surface area (TPSA) is 85.0 Å². The van der Waals surface area contributed by atoms with Gasteiger partial charge in [0.15, 0.2) is 5.69 Å². The van der Waals surface area contributed by atoms with E-state index in [2.05, 4.69) is 15.7 Å². The largest absolute Gasteiger partial charge is 0.435 e. The van der Waals surface area contributed by atoms with Crippen molar-refractivity contribution in [1.82, 2.24) is 15.1 Å². The summed E-state index contributed by atoms with van der Waals surface area (Å²) < 4.78 is 41.6. The molecular weight excluding hydrogens is 527 g/mol. The number of anilines is 1. The molecule has 1 amide bonds. The van der Waals surface area contributed by atoms with E-state index in [1.807, 2.05) is 31.2 Å². The number of alkyl halides is 3. The summed E-state index contributed by atoms with van der Waals surface area (Å²) in [5, 5.41) is 10.7. The first kappa shape index (κ1) is 28.6. The second-order valence-corrected chi connectivity index (χ2v) is 10.3. The number of rotatable bonds is 10. The monoisotopic (exact) mass is 557 g/mol. The van der Waals surface area contributed by atoms with Gasteiger partial charge in [-0.25, -0.2) is 4.68 Å². The highest BCUT2D eigenvalue weighted by Gasteiger charge is 2.36. The second-order valence-electron chi connectivity index (χ2n) is 9.73. The number of benzene rings is 2. The van der Waals surface area contributed by atoms with Gasteiger partial charge in [0.05, 0.1) is 11.7 Å². The maximum absolute atomic E-state index is 13.5. The highest BCUT2D eigenvalue weighted by Crippen LogP contribution is 2.32. The number of aromatic nitrogens is 2. The van der Waals surface area contributed by atoms with Crippen LogP contribution in [0.5, 0.6) is 0 Å². The smallest absolute Gasteiger partial charge is 0.326 e. The first-order chi connectivity index (χ1) is 18.5. The van der Waals surface area contributed by atoms with Crippen molar-refractivity contribution < 1.29 is 18.0 Å². The Kier molecular flexibility index (Phi) is 8.94. The predicted octanol–water partition coefficient (Wildman–Crippen LogP) is 6.73. The van der Waals surface area contributed by atoms with Crippen LogP contribution in [0.1, 0.15) is 60.0 Å². The fraction of sp³-hybridized carbons (Fsp3) is 0.310.